The zero-order valence-electron chi connectivity index (χ0n) is 21.8. The number of alkyl carbamates (subject to hydrolysis) is 1. The summed E-state index contributed by atoms with van der Waals surface area (Å²) in [6.07, 6.45) is 2.13. The maximum Gasteiger partial charge on any atom is 0.407 e. The van der Waals surface area contributed by atoms with Gasteiger partial charge in [0.05, 0.1) is 18.2 Å². The van der Waals surface area contributed by atoms with Gasteiger partial charge in [0.25, 0.3) is 0 Å². The molecule has 0 aromatic heterocycles. The number of benzene rings is 1. The zero-order chi connectivity index (χ0) is 26.0. The molecule has 0 unspecified atom stereocenters. The van der Waals surface area contributed by atoms with E-state index in [1.165, 1.54) is 0 Å². The third kappa shape index (κ3) is 11.6. The molecule has 0 saturated heterocycles. The second kappa shape index (κ2) is 13.5. The summed E-state index contributed by atoms with van der Waals surface area (Å²) in [4.78, 5) is 51.3. The van der Waals surface area contributed by atoms with E-state index < -0.39 is 29.6 Å². The molecule has 1 aliphatic carbocycles. The molecule has 1 fully saturated rings. The lowest BCUT2D eigenvalue weighted by Gasteiger charge is -2.23. The van der Waals surface area contributed by atoms with Gasteiger partial charge in [-0.25, -0.2) is 4.79 Å². The average Bonchev–Trinajstić information content (AvgIpc) is 3.59. The normalized spacial score (nSPS) is 15.4. The summed E-state index contributed by atoms with van der Waals surface area (Å²) in [5.74, 6) is -1.47. The van der Waals surface area contributed by atoms with Crippen molar-refractivity contribution >= 4 is 23.4 Å². The topological polar surface area (TPSA) is 98.8 Å². The molecule has 194 valence electrons. The number of ether oxygens (including phenoxy) is 2. The van der Waals surface area contributed by atoms with Gasteiger partial charge in [-0.1, -0.05) is 44.2 Å². The molecule has 1 aliphatic rings. The van der Waals surface area contributed by atoms with Gasteiger partial charge in [0.1, 0.15) is 6.61 Å². The molecule has 1 aromatic carbocycles. The van der Waals surface area contributed by atoms with Crippen LogP contribution in [0.4, 0.5) is 4.79 Å². The van der Waals surface area contributed by atoms with E-state index in [2.05, 4.69) is 5.32 Å². The van der Waals surface area contributed by atoms with Crippen molar-refractivity contribution in [3.63, 3.8) is 0 Å². The van der Waals surface area contributed by atoms with Crippen molar-refractivity contribution in [1.29, 1.82) is 0 Å². The first-order valence-corrected chi connectivity index (χ1v) is 12.7. The van der Waals surface area contributed by atoms with E-state index in [-0.39, 0.29) is 43.4 Å². The fourth-order valence-corrected chi connectivity index (χ4v) is 3.86. The molecule has 7 nitrogen and oxygen atoms in total. The van der Waals surface area contributed by atoms with Crippen LogP contribution in [0, 0.1) is 17.8 Å². The first kappa shape index (κ1) is 28.7. The molecule has 35 heavy (non-hydrogen) atoms. The Labute approximate surface area is 209 Å². The van der Waals surface area contributed by atoms with Gasteiger partial charge < -0.3 is 14.8 Å². The maximum atomic E-state index is 13.3. The Kier molecular flexibility index (Phi) is 11.1. The van der Waals surface area contributed by atoms with Crippen molar-refractivity contribution in [2.75, 3.05) is 13.2 Å². The van der Waals surface area contributed by atoms with Crippen LogP contribution in [0.3, 0.4) is 0 Å². The fraction of sp³-hybridized carbons (Fsp3) is 0.643. The molecule has 0 spiro atoms. The number of Topliss-reactive ketones (excluding diaryl/α,β-unsaturated/α-hetero) is 3. The van der Waals surface area contributed by atoms with Crippen LogP contribution in [0.25, 0.3) is 0 Å². The van der Waals surface area contributed by atoms with Crippen molar-refractivity contribution in [3.05, 3.63) is 35.9 Å². The Morgan fingerprint density at radius 2 is 1.69 bits per heavy atom. The highest BCUT2D eigenvalue weighted by Crippen LogP contribution is 2.33. The van der Waals surface area contributed by atoms with Gasteiger partial charge in [-0.2, -0.15) is 0 Å². The third-order valence-corrected chi connectivity index (χ3v) is 5.83. The van der Waals surface area contributed by atoms with E-state index in [0.717, 1.165) is 18.4 Å². The van der Waals surface area contributed by atoms with Crippen molar-refractivity contribution in [2.24, 2.45) is 17.8 Å². The molecule has 0 heterocycles. The van der Waals surface area contributed by atoms with E-state index in [1.807, 2.05) is 65.0 Å². The van der Waals surface area contributed by atoms with E-state index >= 15 is 0 Å². The van der Waals surface area contributed by atoms with Gasteiger partial charge in [-0.15, -0.1) is 0 Å². The third-order valence-electron chi connectivity index (χ3n) is 5.83. The van der Waals surface area contributed by atoms with Crippen LogP contribution in [0.5, 0.6) is 0 Å². The Hall–Kier alpha value is -2.54. The summed E-state index contributed by atoms with van der Waals surface area (Å²) in [6, 6.07) is 8.59. The minimum Gasteiger partial charge on any atom is -0.447 e. The molecule has 1 N–H and O–H groups in total. The first-order valence-electron chi connectivity index (χ1n) is 12.7. The summed E-state index contributed by atoms with van der Waals surface area (Å²) in [7, 11) is 0. The summed E-state index contributed by atoms with van der Waals surface area (Å²) < 4.78 is 10.7. The molecule has 2 atom stereocenters. The SMILES string of the molecule is CC(C)C[C@H](NC(=O)OCCOC(C)(C)C)C(=O)C[C@@H](Cc1ccccc1)C(=O)C(=O)CC1CC1. The number of hydrogen-bond donors (Lipinski definition) is 1. The second-order valence-electron chi connectivity index (χ2n) is 10.9. The Balaban J connectivity index is 2.04. The van der Waals surface area contributed by atoms with Crippen molar-refractivity contribution in [1.82, 2.24) is 5.32 Å². The van der Waals surface area contributed by atoms with Crippen molar-refractivity contribution < 1.29 is 28.7 Å². The van der Waals surface area contributed by atoms with Crippen LogP contribution in [0.1, 0.15) is 72.3 Å². The van der Waals surface area contributed by atoms with Crippen LogP contribution >= 0.6 is 0 Å². The van der Waals surface area contributed by atoms with E-state index in [4.69, 9.17) is 9.47 Å². The summed E-state index contributed by atoms with van der Waals surface area (Å²) >= 11 is 0. The lowest BCUT2D eigenvalue weighted by Crippen LogP contribution is -2.44. The first-order chi connectivity index (χ1) is 16.4. The summed E-state index contributed by atoms with van der Waals surface area (Å²) in [5.41, 5.74) is 0.553. The molecular weight excluding hydrogens is 446 g/mol. The Morgan fingerprint density at radius 1 is 1.03 bits per heavy atom. The number of rotatable bonds is 15. The van der Waals surface area contributed by atoms with Gasteiger partial charge in [0.2, 0.25) is 5.78 Å². The van der Waals surface area contributed by atoms with E-state index in [1.54, 1.807) is 0 Å². The quantitative estimate of drug-likeness (QED) is 0.284. The highest BCUT2D eigenvalue weighted by Gasteiger charge is 2.34. The summed E-state index contributed by atoms with van der Waals surface area (Å²) in [6.45, 7) is 9.95. The minimum absolute atomic E-state index is 0.0660. The molecule has 0 radical (unpaired) electrons. The van der Waals surface area contributed by atoms with Gasteiger partial charge in [0, 0.05) is 18.8 Å². The van der Waals surface area contributed by atoms with Crippen LogP contribution in [-0.4, -0.2) is 48.3 Å². The summed E-state index contributed by atoms with van der Waals surface area (Å²) in [5, 5.41) is 2.66. The molecular formula is C28H41NO6. The van der Waals surface area contributed by atoms with Gasteiger partial charge in [0.15, 0.2) is 11.6 Å². The number of ketones is 3. The molecule has 1 amide bonds. The molecule has 2 rings (SSSR count). The van der Waals surface area contributed by atoms with E-state index in [0.29, 0.717) is 18.8 Å². The molecule has 1 aromatic rings. The van der Waals surface area contributed by atoms with Crippen LogP contribution in [0.2, 0.25) is 0 Å². The van der Waals surface area contributed by atoms with Crippen molar-refractivity contribution in [3.8, 4) is 0 Å². The largest absolute Gasteiger partial charge is 0.447 e. The van der Waals surface area contributed by atoms with Crippen LogP contribution in [0.15, 0.2) is 30.3 Å². The zero-order valence-corrected chi connectivity index (χ0v) is 21.8. The van der Waals surface area contributed by atoms with Gasteiger partial charge in [-0.3, -0.25) is 14.4 Å². The smallest absolute Gasteiger partial charge is 0.407 e. The van der Waals surface area contributed by atoms with Crippen LogP contribution < -0.4 is 5.32 Å². The molecule has 7 heteroatoms. The van der Waals surface area contributed by atoms with Crippen molar-refractivity contribution in [2.45, 2.75) is 84.8 Å². The Bertz CT molecular complexity index is 854. The van der Waals surface area contributed by atoms with Crippen LogP contribution in [-0.2, 0) is 30.3 Å². The fourth-order valence-electron chi connectivity index (χ4n) is 3.86. The number of carbonyl (C=O) groups excluding carboxylic acids is 4. The average molecular weight is 488 g/mol. The highest BCUT2D eigenvalue weighted by atomic mass is 16.6. The Morgan fingerprint density at radius 3 is 2.26 bits per heavy atom. The number of hydrogen-bond acceptors (Lipinski definition) is 6. The highest BCUT2D eigenvalue weighted by molar-refractivity contribution is 6.38. The second-order valence-corrected chi connectivity index (χ2v) is 10.9. The molecule has 1 saturated carbocycles. The standard InChI is InChI=1S/C28H41NO6/c1-19(2)15-23(29-27(33)34-13-14-35-28(3,4)5)24(30)18-22(16-20-9-7-6-8-10-20)26(32)25(31)17-21-11-12-21/h6-10,19,21-23H,11-18H2,1-5H3,(H,29,33)/t22-,23+/m1/s1. The lowest BCUT2D eigenvalue weighted by molar-refractivity contribution is -0.140. The predicted molar refractivity (Wildman–Crippen MR) is 134 cm³/mol. The van der Waals surface area contributed by atoms with E-state index in [9.17, 15) is 19.2 Å². The predicted octanol–water partition coefficient (Wildman–Crippen LogP) is 4.70. The molecule has 0 bridgehead atoms. The molecule has 0 aliphatic heterocycles. The number of carbonyl (C=O) groups is 4. The number of nitrogens with one attached hydrogen (secondary N) is 1. The lowest BCUT2D eigenvalue weighted by atomic mass is 9.85. The monoisotopic (exact) mass is 487 g/mol. The maximum absolute atomic E-state index is 13.3. The van der Waals surface area contributed by atoms with Gasteiger partial charge >= 0.3 is 6.09 Å². The number of amides is 1. The van der Waals surface area contributed by atoms with Gasteiger partial charge in [-0.05, 0) is 63.9 Å². The minimum atomic E-state index is -0.796.